The molecule has 1 unspecified atom stereocenters. The predicted octanol–water partition coefficient (Wildman–Crippen LogP) is 2.05. The normalized spacial score (nSPS) is 12.6. The molecule has 0 amide bonds. The van der Waals surface area contributed by atoms with E-state index in [4.69, 9.17) is 10.5 Å². The molecule has 17 heavy (non-hydrogen) atoms. The first-order valence-electron chi connectivity index (χ1n) is 6.22. The predicted molar refractivity (Wildman–Crippen MR) is 70.9 cm³/mol. The Balaban J connectivity index is 2.86. The number of pyridine rings is 1. The van der Waals surface area contributed by atoms with Gasteiger partial charge in [-0.15, -0.1) is 0 Å². The van der Waals surface area contributed by atoms with Crippen LogP contribution in [0.2, 0.25) is 0 Å². The standard InChI is InChI=1S/C13H23N3O/c1-4-7-15-11(9-17-5-2)12-10(3)6-8-16-13(12)14/h6,8,11,15H,4-5,7,9H2,1-3H3,(H2,14,16). The third-order valence-corrected chi connectivity index (χ3v) is 2.72. The number of nitrogens with one attached hydrogen (secondary N) is 1. The molecule has 1 aromatic rings. The maximum Gasteiger partial charge on any atom is 0.128 e. The molecule has 0 spiro atoms. The maximum absolute atomic E-state index is 5.96. The van der Waals surface area contributed by atoms with Crippen molar-refractivity contribution >= 4 is 5.82 Å². The Kier molecular flexibility index (Phi) is 5.94. The molecule has 1 rings (SSSR count). The number of nitrogens with zero attached hydrogens (tertiary/aromatic N) is 1. The number of hydrogen-bond acceptors (Lipinski definition) is 4. The van der Waals surface area contributed by atoms with E-state index >= 15 is 0 Å². The Morgan fingerprint density at radius 2 is 2.24 bits per heavy atom. The first-order chi connectivity index (χ1) is 8.20. The van der Waals surface area contributed by atoms with Crippen molar-refractivity contribution in [2.24, 2.45) is 0 Å². The molecule has 4 heteroatoms. The molecule has 96 valence electrons. The van der Waals surface area contributed by atoms with Crippen LogP contribution >= 0.6 is 0 Å². The van der Waals surface area contributed by atoms with Crippen molar-refractivity contribution in [2.45, 2.75) is 33.2 Å². The first-order valence-corrected chi connectivity index (χ1v) is 6.22. The second kappa shape index (κ2) is 7.25. The van der Waals surface area contributed by atoms with Gasteiger partial charge in [0.05, 0.1) is 12.6 Å². The van der Waals surface area contributed by atoms with Crippen molar-refractivity contribution in [3.05, 3.63) is 23.4 Å². The van der Waals surface area contributed by atoms with Gasteiger partial charge in [-0.25, -0.2) is 4.98 Å². The van der Waals surface area contributed by atoms with E-state index in [1.54, 1.807) is 6.20 Å². The number of anilines is 1. The number of aryl methyl sites for hydroxylation is 1. The number of nitrogen functional groups attached to an aromatic ring is 1. The molecule has 0 radical (unpaired) electrons. The fourth-order valence-corrected chi connectivity index (χ4v) is 1.84. The lowest BCUT2D eigenvalue weighted by Crippen LogP contribution is -2.28. The number of aromatic nitrogens is 1. The van der Waals surface area contributed by atoms with Crippen LogP contribution in [0.4, 0.5) is 5.82 Å². The van der Waals surface area contributed by atoms with Gasteiger partial charge in [-0.05, 0) is 38.4 Å². The van der Waals surface area contributed by atoms with Crippen molar-refractivity contribution in [3.63, 3.8) is 0 Å². The molecule has 4 nitrogen and oxygen atoms in total. The fourth-order valence-electron chi connectivity index (χ4n) is 1.84. The Morgan fingerprint density at radius 1 is 1.47 bits per heavy atom. The molecule has 0 aromatic carbocycles. The number of nitrogens with two attached hydrogens (primary N) is 1. The van der Waals surface area contributed by atoms with E-state index in [-0.39, 0.29) is 6.04 Å². The molecule has 0 fully saturated rings. The summed E-state index contributed by atoms with van der Waals surface area (Å²) < 4.78 is 5.51. The van der Waals surface area contributed by atoms with Crippen LogP contribution in [0, 0.1) is 6.92 Å². The van der Waals surface area contributed by atoms with E-state index in [2.05, 4.69) is 24.1 Å². The average Bonchev–Trinajstić information content (AvgIpc) is 2.31. The summed E-state index contributed by atoms with van der Waals surface area (Å²) in [6.07, 6.45) is 2.83. The van der Waals surface area contributed by atoms with Crippen LogP contribution in [0.15, 0.2) is 12.3 Å². The van der Waals surface area contributed by atoms with E-state index < -0.39 is 0 Å². The van der Waals surface area contributed by atoms with Crippen LogP contribution in [0.3, 0.4) is 0 Å². The Bertz CT molecular complexity index is 313. The summed E-state index contributed by atoms with van der Waals surface area (Å²) in [5.41, 5.74) is 8.18. The van der Waals surface area contributed by atoms with Gasteiger partial charge in [-0.3, -0.25) is 0 Å². The zero-order valence-corrected chi connectivity index (χ0v) is 11.0. The van der Waals surface area contributed by atoms with Gasteiger partial charge in [0, 0.05) is 18.4 Å². The minimum absolute atomic E-state index is 0.128. The van der Waals surface area contributed by atoms with Crippen molar-refractivity contribution in [3.8, 4) is 0 Å². The first kappa shape index (κ1) is 13.9. The summed E-state index contributed by atoms with van der Waals surface area (Å²) in [4.78, 5) is 4.16. The van der Waals surface area contributed by atoms with Gasteiger partial charge in [-0.2, -0.15) is 0 Å². The van der Waals surface area contributed by atoms with E-state index in [0.717, 1.165) is 24.1 Å². The number of ether oxygens (including phenoxy) is 1. The van der Waals surface area contributed by atoms with Crippen LogP contribution in [-0.4, -0.2) is 24.7 Å². The lowest BCUT2D eigenvalue weighted by molar-refractivity contribution is 0.123. The highest BCUT2D eigenvalue weighted by Gasteiger charge is 2.16. The van der Waals surface area contributed by atoms with Crippen LogP contribution in [-0.2, 0) is 4.74 Å². The lowest BCUT2D eigenvalue weighted by Gasteiger charge is -2.21. The maximum atomic E-state index is 5.96. The molecule has 3 N–H and O–H groups in total. The second-order valence-electron chi connectivity index (χ2n) is 4.09. The molecule has 0 aliphatic heterocycles. The Labute approximate surface area is 104 Å². The molecule has 0 saturated carbocycles. The molecular weight excluding hydrogens is 214 g/mol. The average molecular weight is 237 g/mol. The third kappa shape index (κ3) is 3.98. The Hall–Kier alpha value is -1.13. The highest BCUT2D eigenvalue weighted by molar-refractivity contribution is 5.46. The highest BCUT2D eigenvalue weighted by atomic mass is 16.5. The highest BCUT2D eigenvalue weighted by Crippen LogP contribution is 2.22. The van der Waals surface area contributed by atoms with Crippen molar-refractivity contribution in [1.82, 2.24) is 10.3 Å². The van der Waals surface area contributed by atoms with Crippen molar-refractivity contribution in [1.29, 1.82) is 0 Å². The monoisotopic (exact) mass is 237 g/mol. The Morgan fingerprint density at radius 3 is 2.82 bits per heavy atom. The molecule has 0 bridgehead atoms. The van der Waals surface area contributed by atoms with Gasteiger partial charge in [0.25, 0.3) is 0 Å². The molecule has 1 heterocycles. The SMILES string of the molecule is CCCNC(COCC)c1c(C)ccnc1N. The number of hydrogen-bond donors (Lipinski definition) is 2. The molecule has 0 aliphatic rings. The minimum atomic E-state index is 0.128. The van der Waals surface area contributed by atoms with Crippen molar-refractivity contribution in [2.75, 3.05) is 25.5 Å². The topological polar surface area (TPSA) is 60.2 Å². The lowest BCUT2D eigenvalue weighted by atomic mass is 10.0. The van der Waals surface area contributed by atoms with E-state index in [0.29, 0.717) is 19.0 Å². The van der Waals surface area contributed by atoms with E-state index in [1.165, 1.54) is 0 Å². The summed E-state index contributed by atoms with van der Waals surface area (Å²) >= 11 is 0. The van der Waals surface area contributed by atoms with Gasteiger partial charge in [-0.1, -0.05) is 6.92 Å². The summed E-state index contributed by atoms with van der Waals surface area (Å²) in [7, 11) is 0. The molecule has 1 aromatic heterocycles. The number of rotatable bonds is 7. The quantitative estimate of drug-likeness (QED) is 0.762. The van der Waals surface area contributed by atoms with Gasteiger partial charge in [0.15, 0.2) is 0 Å². The summed E-state index contributed by atoms with van der Waals surface area (Å²) in [6.45, 7) is 8.49. The van der Waals surface area contributed by atoms with Gasteiger partial charge in [0.2, 0.25) is 0 Å². The van der Waals surface area contributed by atoms with E-state index in [9.17, 15) is 0 Å². The molecule has 0 aliphatic carbocycles. The van der Waals surface area contributed by atoms with Crippen molar-refractivity contribution < 1.29 is 4.74 Å². The second-order valence-corrected chi connectivity index (χ2v) is 4.09. The zero-order valence-electron chi connectivity index (χ0n) is 11.0. The molecular formula is C13H23N3O. The van der Waals surface area contributed by atoms with Crippen LogP contribution < -0.4 is 11.1 Å². The fraction of sp³-hybridized carbons (Fsp3) is 0.615. The van der Waals surface area contributed by atoms with Gasteiger partial charge in [0.1, 0.15) is 5.82 Å². The summed E-state index contributed by atoms with van der Waals surface area (Å²) in [5.74, 6) is 0.596. The summed E-state index contributed by atoms with van der Waals surface area (Å²) in [5, 5.41) is 3.46. The smallest absolute Gasteiger partial charge is 0.128 e. The molecule has 0 saturated heterocycles. The third-order valence-electron chi connectivity index (χ3n) is 2.72. The van der Waals surface area contributed by atoms with Crippen LogP contribution in [0.1, 0.15) is 37.4 Å². The van der Waals surface area contributed by atoms with Crippen LogP contribution in [0.5, 0.6) is 0 Å². The summed E-state index contributed by atoms with van der Waals surface area (Å²) in [6, 6.07) is 2.11. The van der Waals surface area contributed by atoms with Crippen LogP contribution in [0.25, 0.3) is 0 Å². The molecule has 1 atom stereocenters. The zero-order chi connectivity index (χ0) is 12.7. The minimum Gasteiger partial charge on any atom is -0.383 e. The van der Waals surface area contributed by atoms with Gasteiger partial charge >= 0.3 is 0 Å². The largest absolute Gasteiger partial charge is 0.383 e. The van der Waals surface area contributed by atoms with E-state index in [1.807, 2.05) is 13.0 Å². The van der Waals surface area contributed by atoms with Gasteiger partial charge < -0.3 is 15.8 Å².